The molecule has 1 N–H and O–H groups in total. The third-order valence-electron chi connectivity index (χ3n) is 3.09. The molecule has 0 radical (unpaired) electrons. The minimum atomic E-state index is -4.79. The molecule has 0 atom stereocenters. The first kappa shape index (κ1) is 19.1. The Kier molecular flexibility index (Phi) is 6.69. The normalized spacial score (nSPS) is 11.2. The highest BCUT2D eigenvalue weighted by Crippen LogP contribution is 2.26. The zero-order valence-electron chi connectivity index (χ0n) is 13.0. The Balaban J connectivity index is 1.79. The molecule has 1 amide bonds. The summed E-state index contributed by atoms with van der Waals surface area (Å²) < 4.78 is 53.7. The van der Waals surface area contributed by atoms with Gasteiger partial charge in [0.25, 0.3) is 0 Å². The van der Waals surface area contributed by atoms with Crippen LogP contribution in [0, 0.1) is 5.82 Å². The number of halogens is 4. The second kappa shape index (κ2) is 8.75. The predicted octanol–water partition coefficient (Wildman–Crippen LogP) is 4.52. The fraction of sp³-hybridized carbons (Fsp3) is 0.235. The Bertz CT molecular complexity index is 705. The molecule has 2 rings (SSSR count). The third kappa shape index (κ3) is 7.04. The quantitative estimate of drug-likeness (QED) is 0.573. The van der Waals surface area contributed by atoms with Gasteiger partial charge in [0.05, 0.1) is 0 Å². The molecule has 0 aromatic heterocycles. The van der Waals surface area contributed by atoms with Crippen molar-refractivity contribution in [3.8, 4) is 5.75 Å². The molecular weight excluding hydrogens is 358 g/mol. The molecule has 25 heavy (non-hydrogen) atoms. The predicted molar refractivity (Wildman–Crippen MR) is 86.7 cm³/mol. The van der Waals surface area contributed by atoms with E-state index in [-0.39, 0.29) is 36.0 Å². The summed E-state index contributed by atoms with van der Waals surface area (Å²) in [6.45, 7) is -0.0632. The molecule has 0 aliphatic rings. The number of hydrogen-bond donors (Lipinski definition) is 1. The number of hydrogen-bond acceptors (Lipinski definition) is 3. The molecule has 0 unspecified atom stereocenters. The van der Waals surface area contributed by atoms with Gasteiger partial charge in [-0.3, -0.25) is 4.79 Å². The van der Waals surface area contributed by atoms with Gasteiger partial charge in [-0.2, -0.15) is 0 Å². The Morgan fingerprint density at radius 2 is 1.76 bits per heavy atom. The Hall–Kier alpha value is -2.22. The van der Waals surface area contributed by atoms with Gasteiger partial charge in [0.2, 0.25) is 5.91 Å². The number of thioether (sulfide) groups is 1. The van der Waals surface area contributed by atoms with Crippen molar-refractivity contribution in [2.24, 2.45) is 0 Å². The monoisotopic (exact) mass is 373 g/mol. The minimum Gasteiger partial charge on any atom is -0.405 e. The number of rotatable bonds is 7. The van der Waals surface area contributed by atoms with E-state index >= 15 is 0 Å². The van der Waals surface area contributed by atoms with Gasteiger partial charge in [-0.1, -0.05) is 18.2 Å². The van der Waals surface area contributed by atoms with Crippen molar-refractivity contribution in [3.63, 3.8) is 0 Å². The van der Waals surface area contributed by atoms with E-state index in [4.69, 9.17) is 0 Å². The molecule has 0 fully saturated rings. The van der Waals surface area contributed by atoms with Crippen LogP contribution in [0.15, 0.2) is 53.4 Å². The molecule has 2 aromatic carbocycles. The van der Waals surface area contributed by atoms with E-state index in [0.29, 0.717) is 5.75 Å². The average Bonchev–Trinajstić information content (AvgIpc) is 2.54. The fourth-order valence-corrected chi connectivity index (χ4v) is 2.80. The van der Waals surface area contributed by atoms with Gasteiger partial charge in [-0.05, 0) is 30.3 Å². The zero-order valence-corrected chi connectivity index (χ0v) is 13.8. The molecule has 0 saturated carbocycles. The number of para-hydroxylation sites is 1. The maximum atomic E-state index is 12.8. The van der Waals surface area contributed by atoms with Crippen LogP contribution in [0.3, 0.4) is 0 Å². The maximum Gasteiger partial charge on any atom is 0.573 e. The first-order valence-electron chi connectivity index (χ1n) is 7.32. The SMILES string of the molecule is O=C(CCSc1ccc(F)cc1)NCc1ccccc1OC(F)(F)F. The van der Waals surface area contributed by atoms with Crippen LogP contribution >= 0.6 is 11.8 Å². The Morgan fingerprint density at radius 3 is 2.44 bits per heavy atom. The summed E-state index contributed by atoms with van der Waals surface area (Å²) in [5.41, 5.74) is 0.236. The van der Waals surface area contributed by atoms with Crippen molar-refractivity contribution >= 4 is 17.7 Å². The van der Waals surface area contributed by atoms with E-state index < -0.39 is 6.36 Å². The fourth-order valence-electron chi connectivity index (χ4n) is 1.95. The highest BCUT2D eigenvalue weighted by Gasteiger charge is 2.31. The molecule has 0 aliphatic heterocycles. The van der Waals surface area contributed by atoms with E-state index in [0.717, 1.165) is 4.90 Å². The van der Waals surface area contributed by atoms with Crippen molar-refractivity contribution in [2.45, 2.75) is 24.2 Å². The molecule has 0 saturated heterocycles. The smallest absolute Gasteiger partial charge is 0.405 e. The maximum absolute atomic E-state index is 12.8. The van der Waals surface area contributed by atoms with Crippen LogP contribution in [0.25, 0.3) is 0 Å². The average molecular weight is 373 g/mol. The van der Waals surface area contributed by atoms with E-state index in [1.165, 1.54) is 42.1 Å². The largest absolute Gasteiger partial charge is 0.573 e. The van der Waals surface area contributed by atoms with E-state index in [9.17, 15) is 22.4 Å². The van der Waals surface area contributed by atoms with E-state index in [1.807, 2.05) is 0 Å². The number of benzene rings is 2. The highest BCUT2D eigenvalue weighted by atomic mass is 32.2. The van der Waals surface area contributed by atoms with Crippen LogP contribution in [0.2, 0.25) is 0 Å². The van der Waals surface area contributed by atoms with Gasteiger partial charge in [0.1, 0.15) is 11.6 Å². The topological polar surface area (TPSA) is 38.3 Å². The van der Waals surface area contributed by atoms with Gasteiger partial charge >= 0.3 is 6.36 Å². The summed E-state index contributed by atoms with van der Waals surface area (Å²) in [5, 5.41) is 2.56. The molecule has 0 aliphatic carbocycles. The molecule has 134 valence electrons. The summed E-state index contributed by atoms with van der Waals surface area (Å²) in [7, 11) is 0. The van der Waals surface area contributed by atoms with E-state index in [2.05, 4.69) is 10.1 Å². The second-order valence-electron chi connectivity index (χ2n) is 4.98. The van der Waals surface area contributed by atoms with Gasteiger partial charge < -0.3 is 10.1 Å². The molecule has 8 heteroatoms. The second-order valence-corrected chi connectivity index (χ2v) is 6.15. The van der Waals surface area contributed by atoms with Crippen LogP contribution < -0.4 is 10.1 Å². The summed E-state index contributed by atoms with van der Waals surface area (Å²) in [5.74, 6) is -0.493. The number of carbonyl (C=O) groups excluding carboxylic acids is 1. The number of amides is 1. The number of nitrogens with one attached hydrogen (secondary N) is 1. The van der Waals surface area contributed by atoms with Gasteiger partial charge in [0, 0.05) is 29.2 Å². The Labute approximate surface area is 146 Å². The summed E-state index contributed by atoms with van der Waals surface area (Å²) in [6, 6.07) is 11.5. The third-order valence-corrected chi connectivity index (χ3v) is 4.10. The Morgan fingerprint density at radius 1 is 1.08 bits per heavy atom. The molecule has 0 heterocycles. The summed E-state index contributed by atoms with van der Waals surface area (Å²) in [6.07, 6.45) is -4.60. The minimum absolute atomic E-state index is 0.0632. The number of alkyl halides is 3. The van der Waals surface area contributed by atoms with Crippen molar-refractivity contribution < 1.29 is 27.1 Å². The van der Waals surface area contributed by atoms with Gasteiger partial charge in [0.15, 0.2) is 0 Å². The summed E-state index contributed by atoms with van der Waals surface area (Å²) in [4.78, 5) is 12.6. The van der Waals surface area contributed by atoms with Crippen LogP contribution in [0.4, 0.5) is 17.6 Å². The lowest BCUT2D eigenvalue weighted by molar-refractivity contribution is -0.274. The van der Waals surface area contributed by atoms with Crippen molar-refractivity contribution in [1.29, 1.82) is 0 Å². The molecular formula is C17H15F4NO2S. The lowest BCUT2D eigenvalue weighted by Gasteiger charge is -2.13. The number of carbonyl (C=O) groups is 1. The van der Waals surface area contributed by atoms with Crippen LogP contribution in [-0.2, 0) is 11.3 Å². The summed E-state index contributed by atoms with van der Waals surface area (Å²) >= 11 is 1.39. The van der Waals surface area contributed by atoms with Gasteiger partial charge in [-0.25, -0.2) is 4.39 Å². The lowest BCUT2D eigenvalue weighted by atomic mass is 10.2. The van der Waals surface area contributed by atoms with E-state index in [1.54, 1.807) is 18.2 Å². The van der Waals surface area contributed by atoms with Crippen LogP contribution in [0.5, 0.6) is 5.75 Å². The van der Waals surface area contributed by atoms with Crippen LogP contribution in [-0.4, -0.2) is 18.0 Å². The molecule has 0 bridgehead atoms. The highest BCUT2D eigenvalue weighted by molar-refractivity contribution is 7.99. The number of ether oxygens (including phenoxy) is 1. The molecule has 2 aromatic rings. The van der Waals surface area contributed by atoms with Crippen LogP contribution in [0.1, 0.15) is 12.0 Å². The first-order valence-corrected chi connectivity index (χ1v) is 8.31. The first-order chi connectivity index (χ1) is 11.8. The van der Waals surface area contributed by atoms with Crippen molar-refractivity contribution in [1.82, 2.24) is 5.32 Å². The lowest BCUT2D eigenvalue weighted by Crippen LogP contribution is -2.24. The standard InChI is InChI=1S/C17H15F4NO2S/c18-13-5-7-14(8-6-13)25-10-9-16(23)22-11-12-3-1-2-4-15(12)24-17(19,20)21/h1-8H,9-11H2,(H,22,23). The molecule has 0 spiro atoms. The van der Waals surface area contributed by atoms with Gasteiger partial charge in [-0.15, -0.1) is 24.9 Å². The molecule has 3 nitrogen and oxygen atoms in total. The van der Waals surface area contributed by atoms with Crippen molar-refractivity contribution in [3.05, 3.63) is 59.9 Å². The van der Waals surface area contributed by atoms with Crippen molar-refractivity contribution in [2.75, 3.05) is 5.75 Å². The zero-order chi connectivity index (χ0) is 18.3.